The van der Waals surface area contributed by atoms with Crippen LogP contribution in [0.25, 0.3) is 5.76 Å². The van der Waals surface area contributed by atoms with Crippen LogP contribution in [-0.2, 0) is 22.4 Å². The Hall–Kier alpha value is -2.55. The molecule has 0 saturated carbocycles. The van der Waals surface area contributed by atoms with Crippen molar-refractivity contribution in [1.82, 2.24) is 0 Å². The Balaban J connectivity index is 1.56. The lowest BCUT2D eigenvalue weighted by molar-refractivity contribution is -0.142. The van der Waals surface area contributed by atoms with Gasteiger partial charge in [-0.15, -0.1) is 0 Å². The molecule has 1 aliphatic heterocycles. The van der Waals surface area contributed by atoms with Crippen LogP contribution in [0.1, 0.15) is 29.5 Å². The van der Waals surface area contributed by atoms with E-state index in [1.54, 1.807) is 7.11 Å². The van der Waals surface area contributed by atoms with E-state index in [1.807, 2.05) is 36.4 Å². The molecule has 1 heterocycles. The first kappa shape index (κ1) is 15.0. The highest BCUT2D eigenvalue weighted by atomic mass is 16.5. The predicted octanol–water partition coefficient (Wildman–Crippen LogP) is 4.16. The number of hydrogen-bond donors (Lipinski definition) is 0. The Morgan fingerprint density at radius 2 is 1.88 bits per heavy atom. The van der Waals surface area contributed by atoms with Crippen molar-refractivity contribution >= 4 is 11.7 Å². The minimum atomic E-state index is -0.110. The lowest BCUT2D eigenvalue weighted by atomic mass is 9.82. The molecule has 0 bridgehead atoms. The molecule has 2 aliphatic rings. The van der Waals surface area contributed by atoms with Crippen molar-refractivity contribution in [3.05, 3.63) is 70.8 Å². The summed E-state index contributed by atoms with van der Waals surface area (Å²) in [5.74, 6) is 1.44. The molecule has 0 saturated heterocycles. The number of benzene rings is 2. The molecule has 4 rings (SSSR count). The van der Waals surface area contributed by atoms with Gasteiger partial charge in [0, 0.05) is 5.56 Å². The van der Waals surface area contributed by atoms with Crippen LogP contribution >= 0.6 is 0 Å². The average molecular weight is 320 g/mol. The first-order valence-electron chi connectivity index (χ1n) is 8.39. The molecular formula is C21H20O3. The number of methoxy groups -OCH3 is 1. The first-order chi connectivity index (χ1) is 11.7. The Morgan fingerprint density at radius 1 is 1.08 bits per heavy atom. The summed E-state index contributed by atoms with van der Waals surface area (Å²) in [5, 5.41) is 0. The van der Waals surface area contributed by atoms with Gasteiger partial charge in [-0.1, -0.05) is 36.4 Å². The molecule has 3 heteroatoms. The number of carbonyl (C=O) groups is 1. The molecule has 1 aliphatic carbocycles. The van der Waals surface area contributed by atoms with Crippen LogP contribution in [-0.4, -0.2) is 13.1 Å². The van der Waals surface area contributed by atoms with E-state index in [0.29, 0.717) is 6.42 Å². The van der Waals surface area contributed by atoms with Gasteiger partial charge in [-0.25, -0.2) is 0 Å². The summed E-state index contributed by atoms with van der Waals surface area (Å²) in [4.78, 5) is 12.5. The Morgan fingerprint density at radius 3 is 2.67 bits per heavy atom. The van der Waals surface area contributed by atoms with E-state index < -0.39 is 0 Å². The minimum Gasteiger partial charge on any atom is -0.497 e. The van der Waals surface area contributed by atoms with Crippen molar-refractivity contribution in [2.75, 3.05) is 7.11 Å². The topological polar surface area (TPSA) is 35.5 Å². The average Bonchev–Trinajstić information content (AvgIpc) is 2.63. The zero-order valence-corrected chi connectivity index (χ0v) is 13.7. The number of ether oxygens (including phenoxy) is 2. The number of hydrogen-bond acceptors (Lipinski definition) is 3. The SMILES string of the molecule is COc1ccc(CC2CC3=C(OC2=O)c2ccccc2CC3)cc1. The van der Waals surface area contributed by atoms with Crippen molar-refractivity contribution < 1.29 is 14.3 Å². The van der Waals surface area contributed by atoms with Crippen molar-refractivity contribution in [1.29, 1.82) is 0 Å². The van der Waals surface area contributed by atoms with Crippen LogP contribution in [0.4, 0.5) is 0 Å². The molecular weight excluding hydrogens is 300 g/mol. The number of aryl methyl sites for hydroxylation is 1. The normalized spacial score (nSPS) is 19.4. The highest BCUT2D eigenvalue weighted by Gasteiger charge is 2.33. The van der Waals surface area contributed by atoms with Gasteiger partial charge in [0.2, 0.25) is 0 Å². The number of carbonyl (C=O) groups excluding carboxylic acids is 1. The molecule has 24 heavy (non-hydrogen) atoms. The van der Waals surface area contributed by atoms with Crippen LogP contribution in [0.3, 0.4) is 0 Å². The lowest BCUT2D eigenvalue weighted by Gasteiger charge is -2.30. The van der Waals surface area contributed by atoms with Crippen LogP contribution in [0.5, 0.6) is 5.75 Å². The van der Waals surface area contributed by atoms with E-state index in [1.165, 1.54) is 11.1 Å². The zero-order chi connectivity index (χ0) is 16.5. The maximum absolute atomic E-state index is 12.5. The number of esters is 1. The van der Waals surface area contributed by atoms with E-state index in [9.17, 15) is 4.79 Å². The van der Waals surface area contributed by atoms with Crippen LogP contribution in [0.2, 0.25) is 0 Å². The van der Waals surface area contributed by atoms with Gasteiger partial charge < -0.3 is 9.47 Å². The van der Waals surface area contributed by atoms with E-state index in [0.717, 1.165) is 41.9 Å². The fraction of sp³-hybridized carbons (Fsp3) is 0.286. The van der Waals surface area contributed by atoms with Crippen molar-refractivity contribution in [2.45, 2.75) is 25.7 Å². The van der Waals surface area contributed by atoms with Crippen molar-refractivity contribution in [3.63, 3.8) is 0 Å². The third kappa shape index (κ3) is 2.71. The highest BCUT2D eigenvalue weighted by Crippen LogP contribution is 2.39. The molecule has 0 N–H and O–H groups in total. The van der Waals surface area contributed by atoms with E-state index in [2.05, 4.69) is 12.1 Å². The fourth-order valence-electron chi connectivity index (χ4n) is 3.64. The summed E-state index contributed by atoms with van der Waals surface area (Å²) < 4.78 is 10.9. The summed E-state index contributed by atoms with van der Waals surface area (Å²) in [5.41, 5.74) is 4.79. The Kier molecular flexibility index (Phi) is 3.85. The molecule has 0 radical (unpaired) electrons. The quantitative estimate of drug-likeness (QED) is 0.797. The van der Waals surface area contributed by atoms with Gasteiger partial charge in [-0.2, -0.15) is 0 Å². The standard InChI is InChI=1S/C21H20O3/c1-23-18-10-6-14(7-11-18)12-17-13-16-9-8-15-4-2-3-5-19(15)20(16)24-21(17)22/h2-7,10-11,17H,8-9,12-13H2,1H3. The van der Waals surface area contributed by atoms with Crippen LogP contribution < -0.4 is 4.74 Å². The molecule has 122 valence electrons. The van der Waals surface area contributed by atoms with Gasteiger partial charge in [0.1, 0.15) is 11.5 Å². The van der Waals surface area contributed by atoms with E-state index in [-0.39, 0.29) is 11.9 Å². The first-order valence-corrected chi connectivity index (χ1v) is 8.39. The lowest BCUT2D eigenvalue weighted by Crippen LogP contribution is -2.27. The number of allylic oxidation sites excluding steroid dienone is 1. The summed E-state index contributed by atoms with van der Waals surface area (Å²) in [7, 11) is 1.66. The third-order valence-electron chi connectivity index (χ3n) is 4.95. The van der Waals surface area contributed by atoms with Gasteiger partial charge in [0.25, 0.3) is 0 Å². The molecule has 0 aromatic heterocycles. The second kappa shape index (κ2) is 6.16. The third-order valence-corrected chi connectivity index (χ3v) is 4.95. The van der Waals surface area contributed by atoms with Gasteiger partial charge >= 0.3 is 5.97 Å². The predicted molar refractivity (Wildman–Crippen MR) is 92.6 cm³/mol. The molecule has 2 aromatic carbocycles. The van der Waals surface area contributed by atoms with Crippen molar-refractivity contribution in [3.8, 4) is 5.75 Å². The molecule has 0 spiro atoms. The molecule has 1 atom stereocenters. The zero-order valence-electron chi connectivity index (χ0n) is 13.7. The summed E-state index contributed by atoms with van der Waals surface area (Å²) in [6, 6.07) is 16.1. The van der Waals surface area contributed by atoms with Gasteiger partial charge in [0.05, 0.1) is 13.0 Å². The molecule has 0 amide bonds. The molecule has 3 nitrogen and oxygen atoms in total. The second-order valence-electron chi connectivity index (χ2n) is 6.46. The number of fused-ring (bicyclic) bond motifs is 2. The Bertz CT molecular complexity index is 802. The second-order valence-corrected chi connectivity index (χ2v) is 6.46. The largest absolute Gasteiger partial charge is 0.497 e. The summed E-state index contributed by atoms with van der Waals surface area (Å²) >= 11 is 0. The van der Waals surface area contributed by atoms with E-state index in [4.69, 9.17) is 9.47 Å². The van der Waals surface area contributed by atoms with Crippen molar-refractivity contribution in [2.24, 2.45) is 5.92 Å². The van der Waals surface area contributed by atoms with Gasteiger partial charge in [-0.3, -0.25) is 4.79 Å². The van der Waals surface area contributed by atoms with Crippen LogP contribution in [0, 0.1) is 5.92 Å². The minimum absolute atomic E-state index is 0.0950. The summed E-state index contributed by atoms with van der Waals surface area (Å²) in [6.45, 7) is 0. The van der Waals surface area contributed by atoms with E-state index >= 15 is 0 Å². The number of rotatable bonds is 3. The summed E-state index contributed by atoms with van der Waals surface area (Å²) in [6.07, 6.45) is 3.52. The van der Waals surface area contributed by atoms with Gasteiger partial charge in [0.15, 0.2) is 0 Å². The maximum Gasteiger partial charge on any atom is 0.315 e. The monoisotopic (exact) mass is 320 g/mol. The molecule has 1 unspecified atom stereocenters. The fourth-order valence-corrected chi connectivity index (χ4v) is 3.64. The molecule has 0 fully saturated rings. The smallest absolute Gasteiger partial charge is 0.315 e. The van der Waals surface area contributed by atoms with Crippen LogP contribution in [0.15, 0.2) is 54.1 Å². The molecule has 2 aromatic rings. The maximum atomic E-state index is 12.5. The Labute approximate surface area is 141 Å². The highest BCUT2D eigenvalue weighted by molar-refractivity contribution is 5.85. The van der Waals surface area contributed by atoms with Gasteiger partial charge in [-0.05, 0) is 54.5 Å².